The lowest BCUT2D eigenvalue weighted by Gasteiger charge is -2.48. The van der Waals surface area contributed by atoms with Crippen LogP contribution in [0.4, 0.5) is 0 Å². The third-order valence-corrected chi connectivity index (χ3v) is 10.7. The van der Waals surface area contributed by atoms with Gasteiger partial charge in [-0.15, -0.1) is 0 Å². The first-order chi connectivity index (χ1) is 18.9. The van der Waals surface area contributed by atoms with E-state index < -0.39 is 51.9 Å². The molecule has 0 aromatic heterocycles. The first-order valence-corrected chi connectivity index (χ1v) is 15.8. The second-order valence-corrected chi connectivity index (χ2v) is 13.7. The molecule has 0 amide bonds. The Bertz CT molecular complexity index is 1010. The van der Waals surface area contributed by atoms with Gasteiger partial charge >= 0.3 is 5.97 Å². The topological polar surface area (TPSA) is 124 Å². The molecule has 7 atom stereocenters. The van der Waals surface area contributed by atoms with Gasteiger partial charge in [-0.25, -0.2) is 0 Å². The number of carbonyl (C=O) groups is 2. The third kappa shape index (κ3) is 5.25. The van der Waals surface area contributed by atoms with Crippen LogP contribution in [0.25, 0.3) is 0 Å². The van der Waals surface area contributed by atoms with Crippen LogP contribution in [0.1, 0.15) is 118 Å². The molecule has 4 aliphatic carbocycles. The Hall–Kier alpha value is -1.54. The normalized spacial score (nSPS) is 37.5. The van der Waals surface area contributed by atoms with Gasteiger partial charge in [0.1, 0.15) is 11.2 Å². The fraction of sp³-hybridized carbons (Fsp3) is 0.818. The highest BCUT2D eigenvalue weighted by molar-refractivity contribution is 6.04. The standard InChI is InChI=1S/C33H52O7/c1-5-6-7-8-9-10-11-12-13-14-15-16-27(36)40-33-26(35)20-31(38)24(28(33)30(33,3)4)18-23(21-34)19-32(39)25(31)17-22(2)29(32)37/h17-18,24-26,28,34-35,38-39H,5-16,19-21H2,1-4H3/t24-,25-,26+,28+,31+,32?,33-/m0/s1. The molecule has 2 saturated carbocycles. The molecule has 226 valence electrons. The van der Waals surface area contributed by atoms with E-state index in [0.717, 1.165) is 19.3 Å². The maximum absolute atomic E-state index is 13.0. The molecular weight excluding hydrogens is 508 g/mol. The monoisotopic (exact) mass is 560 g/mol. The Morgan fingerprint density at radius 1 is 0.975 bits per heavy atom. The number of Topliss-reactive ketones (excluding diaryl/α,β-unsaturated/α-hetero) is 1. The summed E-state index contributed by atoms with van der Waals surface area (Å²) in [6.45, 7) is 7.38. The zero-order valence-corrected chi connectivity index (χ0v) is 25.1. The van der Waals surface area contributed by atoms with Crippen molar-refractivity contribution in [3.8, 4) is 0 Å². The van der Waals surface area contributed by atoms with Crippen molar-refractivity contribution in [2.75, 3.05) is 6.61 Å². The Morgan fingerprint density at radius 3 is 2.12 bits per heavy atom. The minimum Gasteiger partial charge on any atom is -0.455 e. The zero-order chi connectivity index (χ0) is 29.3. The van der Waals surface area contributed by atoms with Crippen LogP contribution in [0.15, 0.2) is 23.3 Å². The van der Waals surface area contributed by atoms with E-state index in [1.165, 1.54) is 51.4 Å². The van der Waals surface area contributed by atoms with Crippen LogP contribution >= 0.6 is 0 Å². The van der Waals surface area contributed by atoms with E-state index in [1.807, 2.05) is 13.8 Å². The first-order valence-electron chi connectivity index (χ1n) is 15.8. The van der Waals surface area contributed by atoms with Gasteiger partial charge in [0.2, 0.25) is 0 Å². The lowest BCUT2D eigenvalue weighted by molar-refractivity contribution is -0.195. The summed E-state index contributed by atoms with van der Waals surface area (Å²) in [4.78, 5) is 26.0. The van der Waals surface area contributed by atoms with Gasteiger partial charge < -0.3 is 25.2 Å². The Labute approximate surface area is 240 Å². The number of ketones is 1. The van der Waals surface area contributed by atoms with Gasteiger partial charge in [-0.1, -0.05) is 97.1 Å². The van der Waals surface area contributed by atoms with E-state index in [1.54, 1.807) is 19.1 Å². The number of unbranched alkanes of at least 4 members (excludes halogenated alkanes) is 10. The van der Waals surface area contributed by atoms with E-state index in [9.17, 15) is 30.0 Å². The van der Waals surface area contributed by atoms with E-state index in [4.69, 9.17) is 4.74 Å². The molecular formula is C33H52O7. The molecule has 2 fully saturated rings. The van der Waals surface area contributed by atoms with Gasteiger partial charge in [0.15, 0.2) is 5.78 Å². The SMILES string of the molecule is CCCCCCCCCCCCCC(=O)O[C@@]12[C@H](O)C[C@]3(O)[C@@H]4C=C(C)C(=O)C4(O)CC(CO)=C[C@H]3[C@@H]1C2(C)C. The molecule has 0 radical (unpaired) electrons. The minimum atomic E-state index is -1.87. The van der Waals surface area contributed by atoms with Crippen LogP contribution in [-0.4, -0.2) is 61.7 Å². The summed E-state index contributed by atoms with van der Waals surface area (Å²) in [5, 5.41) is 45.2. The number of carbonyl (C=O) groups excluding carboxylic acids is 2. The quantitative estimate of drug-likeness (QED) is 0.135. The molecule has 4 N–H and O–H groups in total. The Morgan fingerprint density at radius 2 is 1.55 bits per heavy atom. The number of hydrogen-bond acceptors (Lipinski definition) is 7. The largest absolute Gasteiger partial charge is 0.455 e. The second-order valence-electron chi connectivity index (χ2n) is 13.7. The van der Waals surface area contributed by atoms with Crippen LogP contribution in [0.3, 0.4) is 0 Å². The molecule has 1 unspecified atom stereocenters. The molecule has 0 aromatic carbocycles. The maximum Gasteiger partial charge on any atom is 0.306 e. The van der Waals surface area contributed by atoms with Crippen LogP contribution in [0.2, 0.25) is 0 Å². The number of ether oxygens (including phenoxy) is 1. The summed E-state index contributed by atoms with van der Waals surface area (Å²) in [5.74, 6) is -2.72. The molecule has 7 nitrogen and oxygen atoms in total. The third-order valence-electron chi connectivity index (χ3n) is 10.7. The van der Waals surface area contributed by atoms with Crippen molar-refractivity contribution >= 4 is 11.8 Å². The predicted molar refractivity (Wildman–Crippen MR) is 153 cm³/mol. The number of fused-ring (bicyclic) bond motifs is 5. The van der Waals surface area contributed by atoms with Gasteiger partial charge in [0, 0.05) is 42.4 Å². The summed E-state index contributed by atoms with van der Waals surface area (Å²) >= 11 is 0. The van der Waals surface area contributed by atoms with Crippen molar-refractivity contribution in [2.24, 2.45) is 23.2 Å². The van der Waals surface area contributed by atoms with Crippen LogP contribution in [0, 0.1) is 23.2 Å². The van der Waals surface area contributed by atoms with Crippen molar-refractivity contribution in [2.45, 2.75) is 140 Å². The molecule has 0 spiro atoms. The highest BCUT2D eigenvalue weighted by Gasteiger charge is 2.85. The van der Waals surface area contributed by atoms with Gasteiger partial charge in [0.25, 0.3) is 0 Å². The highest BCUT2D eigenvalue weighted by atomic mass is 16.6. The number of aliphatic hydroxyl groups is 4. The van der Waals surface area contributed by atoms with Crippen LogP contribution in [-0.2, 0) is 14.3 Å². The summed E-state index contributed by atoms with van der Waals surface area (Å²) in [6, 6.07) is 0. The van der Waals surface area contributed by atoms with Crippen molar-refractivity contribution in [3.63, 3.8) is 0 Å². The smallest absolute Gasteiger partial charge is 0.306 e. The van der Waals surface area contributed by atoms with E-state index in [2.05, 4.69) is 6.92 Å². The molecule has 0 aliphatic heterocycles. The number of aliphatic hydroxyl groups excluding tert-OH is 2. The molecule has 0 aromatic rings. The fourth-order valence-electron chi connectivity index (χ4n) is 8.51. The summed E-state index contributed by atoms with van der Waals surface area (Å²) in [5.41, 5.74) is -4.42. The van der Waals surface area contributed by atoms with Crippen molar-refractivity contribution in [1.29, 1.82) is 0 Å². The van der Waals surface area contributed by atoms with E-state index in [0.29, 0.717) is 17.6 Å². The average Bonchev–Trinajstić information content (AvgIpc) is 3.33. The molecule has 0 bridgehead atoms. The molecule has 7 heteroatoms. The zero-order valence-electron chi connectivity index (χ0n) is 25.1. The van der Waals surface area contributed by atoms with E-state index in [-0.39, 0.29) is 25.4 Å². The number of rotatable bonds is 14. The Balaban J connectivity index is 1.37. The Kier molecular flexibility index (Phi) is 9.41. The minimum absolute atomic E-state index is 0.0749. The summed E-state index contributed by atoms with van der Waals surface area (Å²) < 4.78 is 6.12. The predicted octanol–water partition coefficient (Wildman–Crippen LogP) is 4.94. The van der Waals surface area contributed by atoms with Gasteiger partial charge in [0.05, 0.1) is 18.3 Å². The lowest BCUT2D eigenvalue weighted by Crippen LogP contribution is -2.60. The molecule has 4 rings (SSSR count). The van der Waals surface area contributed by atoms with Gasteiger partial charge in [-0.05, 0) is 24.5 Å². The van der Waals surface area contributed by atoms with E-state index >= 15 is 0 Å². The number of hydrogen-bond donors (Lipinski definition) is 4. The summed E-state index contributed by atoms with van der Waals surface area (Å²) in [6.07, 6.45) is 15.4. The van der Waals surface area contributed by atoms with Crippen molar-refractivity contribution in [3.05, 3.63) is 23.3 Å². The average molecular weight is 561 g/mol. The first kappa shape index (κ1) is 31.4. The lowest BCUT2D eigenvalue weighted by atomic mass is 9.63. The van der Waals surface area contributed by atoms with Crippen LogP contribution < -0.4 is 0 Å². The van der Waals surface area contributed by atoms with Gasteiger partial charge in [-0.2, -0.15) is 0 Å². The summed E-state index contributed by atoms with van der Waals surface area (Å²) in [7, 11) is 0. The van der Waals surface area contributed by atoms with Crippen LogP contribution in [0.5, 0.6) is 0 Å². The number of esters is 1. The van der Waals surface area contributed by atoms with Crippen molar-refractivity contribution in [1.82, 2.24) is 0 Å². The molecule has 40 heavy (non-hydrogen) atoms. The second kappa shape index (κ2) is 12.0. The fourth-order valence-corrected chi connectivity index (χ4v) is 8.51. The van der Waals surface area contributed by atoms with Crippen molar-refractivity contribution < 1.29 is 34.8 Å². The van der Waals surface area contributed by atoms with Gasteiger partial charge in [-0.3, -0.25) is 9.59 Å². The highest BCUT2D eigenvalue weighted by Crippen LogP contribution is 2.75. The molecule has 0 heterocycles. The molecule has 4 aliphatic rings. The molecule has 0 saturated heterocycles. The maximum atomic E-state index is 13.0.